The molecule has 0 bridgehead atoms. The van der Waals surface area contributed by atoms with E-state index in [0.717, 1.165) is 11.1 Å². The number of aromatic nitrogens is 3. The summed E-state index contributed by atoms with van der Waals surface area (Å²) in [5.74, 6) is 0.314. The van der Waals surface area contributed by atoms with Crippen LogP contribution in [0.2, 0.25) is 0 Å². The van der Waals surface area contributed by atoms with Crippen molar-refractivity contribution in [2.24, 2.45) is 0 Å². The van der Waals surface area contributed by atoms with Gasteiger partial charge in [-0.2, -0.15) is 0 Å². The smallest absolute Gasteiger partial charge is 0.276 e. The van der Waals surface area contributed by atoms with Gasteiger partial charge in [0.2, 0.25) is 0 Å². The van der Waals surface area contributed by atoms with Crippen molar-refractivity contribution in [1.29, 1.82) is 0 Å². The van der Waals surface area contributed by atoms with Crippen LogP contribution in [0.25, 0.3) is 11.3 Å². The van der Waals surface area contributed by atoms with Gasteiger partial charge < -0.3 is 9.42 Å². The molecule has 0 saturated heterocycles. The highest BCUT2D eigenvalue weighted by molar-refractivity contribution is 5.92. The first kappa shape index (κ1) is 13.9. The summed E-state index contributed by atoms with van der Waals surface area (Å²) in [6.45, 7) is 0.460. The Labute approximate surface area is 127 Å². The molecule has 0 N–H and O–H groups in total. The van der Waals surface area contributed by atoms with E-state index >= 15 is 0 Å². The van der Waals surface area contributed by atoms with E-state index < -0.39 is 0 Å². The Bertz CT molecular complexity index is 756. The third-order valence-electron chi connectivity index (χ3n) is 3.16. The van der Waals surface area contributed by atoms with Gasteiger partial charge in [0.25, 0.3) is 5.91 Å². The van der Waals surface area contributed by atoms with Crippen LogP contribution in [-0.2, 0) is 6.54 Å². The Morgan fingerprint density at radius 3 is 2.64 bits per heavy atom. The Hall–Kier alpha value is -3.02. The van der Waals surface area contributed by atoms with Crippen molar-refractivity contribution in [3.8, 4) is 11.3 Å². The number of carbonyl (C=O) groups is 1. The van der Waals surface area contributed by atoms with Crippen molar-refractivity contribution >= 4 is 5.91 Å². The maximum Gasteiger partial charge on any atom is 0.276 e. The molecule has 110 valence electrons. The molecule has 0 aliphatic carbocycles. The van der Waals surface area contributed by atoms with Crippen LogP contribution in [0.3, 0.4) is 0 Å². The fourth-order valence-electron chi connectivity index (χ4n) is 2.05. The van der Waals surface area contributed by atoms with Gasteiger partial charge in [0, 0.05) is 50.0 Å². The molecule has 6 nitrogen and oxygen atoms in total. The maximum absolute atomic E-state index is 12.4. The zero-order valence-corrected chi connectivity index (χ0v) is 12.0. The highest BCUT2D eigenvalue weighted by Gasteiger charge is 2.17. The van der Waals surface area contributed by atoms with Crippen molar-refractivity contribution < 1.29 is 9.32 Å². The molecular weight excluding hydrogens is 280 g/mol. The molecular formula is C16H14N4O2. The zero-order valence-electron chi connectivity index (χ0n) is 12.0. The van der Waals surface area contributed by atoms with Crippen LogP contribution in [0.4, 0.5) is 0 Å². The molecule has 3 heterocycles. The number of hydrogen-bond acceptors (Lipinski definition) is 5. The van der Waals surface area contributed by atoms with Gasteiger partial charge in [0.15, 0.2) is 11.5 Å². The number of pyridine rings is 2. The molecule has 3 rings (SSSR count). The summed E-state index contributed by atoms with van der Waals surface area (Å²) in [4.78, 5) is 22.0. The highest BCUT2D eigenvalue weighted by atomic mass is 16.5. The molecule has 1 amide bonds. The first-order chi connectivity index (χ1) is 10.7. The van der Waals surface area contributed by atoms with Crippen molar-refractivity contribution in [2.45, 2.75) is 6.54 Å². The summed E-state index contributed by atoms with van der Waals surface area (Å²) in [6, 6.07) is 9.03. The molecule has 0 radical (unpaired) electrons. The molecule has 6 heteroatoms. The monoisotopic (exact) mass is 294 g/mol. The standard InChI is InChI=1S/C16H14N4O2/c1-20(11-12-4-2-6-17-9-12)16(21)14-8-15(22-19-14)13-5-3-7-18-10-13/h2-10H,11H2,1H3. The third kappa shape index (κ3) is 3.01. The van der Waals surface area contributed by atoms with E-state index in [1.807, 2.05) is 18.2 Å². The van der Waals surface area contributed by atoms with Crippen molar-refractivity contribution in [3.05, 3.63) is 66.4 Å². The topological polar surface area (TPSA) is 72.1 Å². The predicted octanol–water partition coefficient (Wildman–Crippen LogP) is 2.40. The molecule has 22 heavy (non-hydrogen) atoms. The van der Waals surface area contributed by atoms with Crippen LogP contribution < -0.4 is 0 Å². The molecule has 0 unspecified atom stereocenters. The molecule has 0 aromatic carbocycles. The molecule has 0 fully saturated rings. The lowest BCUT2D eigenvalue weighted by Gasteiger charge is -2.15. The van der Waals surface area contributed by atoms with Gasteiger partial charge in [-0.3, -0.25) is 14.8 Å². The van der Waals surface area contributed by atoms with Crippen molar-refractivity contribution in [3.63, 3.8) is 0 Å². The van der Waals surface area contributed by atoms with E-state index in [1.165, 1.54) is 0 Å². The van der Waals surface area contributed by atoms with Gasteiger partial charge in [-0.1, -0.05) is 11.2 Å². The van der Waals surface area contributed by atoms with Crippen LogP contribution >= 0.6 is 0 Å². The number of hydrogen-bond donors (Lipinski definition) is 0. The highest BCUT2D eigenvalue weighted by Crippen LogP contribution is 2.19. The van der Waals surface area contributed by atoms with Crippen LogP contribution in [0.5, 0.6) is 0 Å². The summed E-state index contributed by atoms with van der Waals surface area (Å²) in [5.41, 5.74) is 2.00. The van der Waals surface area contributed by atoms with E-state index in [0.29, 0.717) is 12.3 Å². The second-order valence-corrected chi connectivity index (χ2v) is 4.84. The zero-order chi connectivity index (χ0) is 15.4. The summed E-state index contributed by atoms with van der Waals surface area (Å²) >= 11 is 0. The fraction of sp³-hybridized carbons (Fsp3) is 0.125. The minimum absolute atomic E-state index is 0.206. The fourth-order valence-corrected chi connectivity index (χ4v) is 2.05. The Morgan fingerprint density at radius 2 is 1.95 bits per heavy atom. The van der Waals surface area contributed by atoms with Crippen LogP contribution in [0, 0.1) is 0 Å². The van der Waals surface area contributed by atoms with E-state index in [1.54, 1.807) is 48.9 Å². The Morgan fingerprint density at radius 1 is 1.18 bits per heavy atom. The first-order valence-corrected chi connectivity index (χ1v) is 6.75. The van der Waals surface area contributed by atoms with Crippen LogP contribution in [0.1, 0.15) is 16.1 Å². The third-order valence-corrected chi connectivity index (χ3v) is 3.16. The Balaban J connectivity index is 1.74. The predicted molar refractivity (Wildman–Crippen MR) is 79.8 cm³/mol. The number of rotatable bonds is 4. The van der Waals surface area contributed by atoms with Gasteiger partial charge in [-0.25, -0.2) is 0 Å². The van der Waals surface area contributed by atoms with Gasteiger partial charge >= 0.3 is 0 Å². The van der Waals surface area contributed by atoms with Crippen molar-refractivity contribution in [1.82, 2.24) is 20.0 Å². The average molecular weight is 294 g/mol. The molecule has 0 atom stereocenters. The lowest BCUT2D eigenvalue weighted by molar-refractivity contribution is 0.0774. The first-order valence-electron chi connectivity index (χ1n) is 6.75. The van der Waals surface area contributed by atoms with Gasteiger partial charge in [0.1, 0.15) is 0 Å². The minimum atomic E-state index is -0.206. The van der Waals surface area contributed by atoms with Gasteiger partial charge in [-0.05, 0) is 23.8 Å². The SMILES string of the molecule is CN(Cc1cccnc1)C(=O)c1cc(-c2cccnc2)on1. The molecule has 0 spiro atoms. The number of carbonyl (C=O) groups excluding carboxylic acids is 1. The molecule has 0 aliphatic heterocycles. The maximum atomic E-state index is 12.4. The second kappa shape index (κ2) is 6.17. The number of amides is 1. The minimum Gasteiger partial charge on any atom is -0.355 e. The molecule has 0 saturated carbocycles. The summed E-state index contributed by atoms with van der Waals surface area (Å²) in [5, 5.41) is 3.85. The van der Waals surface area contributed by atoms with E-state index in [9.17, 15) is 4.79 Å². The van der Waals surface area contributed by atoms with Gasteiger partial charge in [0.05, 0.1) is 0 Å². The summed E-state index contributed by atoms with van der Waals surface area (Å²) in [6.07, 6.45) is 6.76. The summed E-state index contributed by atoms with van der Waals surface area (Å²) in [7, 11) is 1.72. The van der Waals surface area contributed by atoms with Crippen LogP contribution in [0.15, 0.2) is 59.6 Å². The summed E-state index contributed by atoms with van der Waals surface area (Å²) < 4.78 is 5.22. The molecule has 3 aromatic rings. The van der Waals surface area contributed by atoms with E-state index in [4.69, 9.17) is 4.52 Å². The normalized spacial score (nSPS) is 10.4. The molecule has 3 aromatic heterocycles. The lowest BCUT2D eigenvalue weighted by atomic mass is 10.2. The quantitative estimate of drug-likeness (QED) is 0.739. The lowest BCUT2D eigenvalue weighted by Crippen LogP contribution is -2.26. The molecule has 0 aliphatic rings. The Kier molecular flexibility index (Phi) is 3.91. The number of nitrogens with zero attached hydrogens (tertiary/aromatic N) is 4. The largest absolute Gasteiger partial charge is 0.355 e. The van der Waals surface area contributed by atoms with Crippen LogP contribution in [-0.4, -0.2) is 33.0 Å². The van der Waals surface area contributed by atoms with Crippen molar-refractivity contribution in [2.75, 3.05) is 7.05 Å². The second-order valence-electron chi connectivity index (χ2n) is 4.84. The van der Waals surface area contributed by atoms with Gasteiger partial charge in [-0.15, -0.1) is 0 Å². The average Bonchev–Trinajstić information content (AvgIpc) is 3.06. The van der Waals surface area contributed by atoms with E-state index in [-0.39, 0.29) is 11.6 Å². The van der Waals surface area contributed by atoms with E-state index in [2.05, 4.69) is 15.1 Å².